The maximum absolute atomic E-state index is 12.7. The number of amides is 1. The summed E-state index contributed by atoms with van der Waals surface area (Å²) in [6.07, 6.45) is 8.72. The Kier molecular flexibility index (Phi) is 5.47. The smallest absolute Gasteiger partial charge is 0.274 e. The molecule has 152 valence electrons. The van der Waals surface area contributed by atoms with E-state index >= 15 is 0 Å². The molecule has 0 bridgehead atoms. The summed E-state index contributed by atoms with van der Waals surface area (Å²) in [5.74, 6) is 1.68. The number of carbonyl (C=O) groups excluding carboxylic acids is 1. The largest absolute Gasteiger partial charge is 0.337 e. The van der Waals surface area contributed by atoms with Crippen LogP contribution in [0.25, 0.3) is 11.4 Å². The number of piperidine rings is 1. The number of hydrogen-bond acceptors (Lipinski definition) is 4. The Hall–Kier alpha value is -2.96. The van der Waals surface area contributed by atoms with Gasteiger partial charge in [0.15, 0.2) is 5.69 Å². The van der Waals surface area contributed by atoms with Crippen LogP contribution < -0.4 is 0 Å². The second-order valence-electron chi connectivity index (χ2n) is 7.93. The van der Waals surface area contributed by atoms with Gasteiger partial charge in [0.25, 0.3) is 5.91 Å². The molecule has 0 saturated carbocycles. The zero-order chi connectivity index (χ0) is 20.4. The van der Waals surface area contributed by atoms with Crippen LogP contribution >= 0.6 is 0 Å². The lowest BCUT2D eigenvalue weighted by Gasteiger charge is -2.31. The third kappa shape index (κ3) is 4.09. The molecule has 3 aromatic rings. The average Bonchev–Trinajstić information content (AvgIpc) is 3.28. The van der Waals surface area contributed by atoms with Crippen LogP contribution in [0.4, 0.5) is 0 Å². The SMILES string of the molecule is Cc1cc(C(=O)N2CCC(CCn3c(C)cnc3-c3ccncc3)CC2)nn1C. The van der Waals surface area contributed by atoms with Crippen molar-refractivity contribution in [3.63, 3.8) is 0 Å². The molecule has 1 aliphatic heterocycles. The molecule has 3 aromatic heterocycles. The van der Waals surface area contributed by atoms with Crippen LogP contribution in [0.15, 0.2) is 36.8 Å². The normalized spacial score (nSPS) is 15.1. The van der Waals surface area contributed by atoms with Gasteiger partial charge in [0, 0.05) is 62.2 Å². The van der Waals surface area contributed by atoms with E-state index < -0.39 is 0 Å². The zero-order valence-corrected chi connectivity index (χ0v) is 17.4. The molecule has 7 heteroatoms. The summed E-state index contributed by atoms with van der Waals surface area (Å²) in [5.41, 5.74) is 3.83. The first-order valence-corrected chi connectivity index (χ1v) is 10.3. The van der Waals surface area contributed by atoms with E-state index in [0.717, 1.165) is 56.0 Å². The molecule has 0 atom stereocenters. The highest BCUT2D eigenvalue weighted by atomic mass is 16.2. The van der Waals surface area contributed by atoms with Gasteiger partial charge in [0.1, 0.15) is 5.82 Å². The number of aromatic nitrogens is 5. The Morgan fingerprint density at radius 3 is 2.52 bits per heavy atom. The summed E-state index contributed by atoms with van der Waals surface area (Å²) in [6, 6.07) is 5.88. The Morgan fingerprint density at radius 1 is 1.14 bits per heavy atom. The van der Waals surface area contributed by atoms with Crippen LogP contribution in [0.5, 0.6) is 0 Å². The third-order valence-electron chi connectivity index (χ3n) is 5.99. The van der Waals surface area contributed by atoms with E-state index in [1.165, 1.54) is 5.69 Å². The minimum atomic E-state index is 0.0533. The van der Waals surface area contributed by atoms with Crippen molar-refractivity contribution in [3.05, 3.63) is 53.9 Å². The molecule has 1 saturated heterocycles. The number of aryl methyl sites for hydroxylation is 3. The van der Waals surface area contributed by atoms with Crippen LogP contribution in [0.1, 0.15) is 41.1 Å². The number of imidazole rings is 1. The highest BCUT2D eigenvalue weighted by Crippen LogP contribution is 2.25. The quantitative estimate of drug-likeness (QED) is 0.668. The van der Waals surface area contributed by atoms with E-state index in [4.69, 9.17) is 0 Å². The van der Waals surface area contributed by atoms with E-state index in [0.29, 0.717) is 11.6 Å². The molecule has 1 amide bonds. The molecule has 0 aliphatic carbocycles. The van der Waals surface area contributed by atoms with E-state index in [1.54, 1.807) is 17.1 Å². The third-order valence-corrected chi connectivity index (χ3v) is 5.99. The van der Waals surface area contributed by atoms with Gasteiger partial charge >= 0.3 is 0 Å². The average molecular weight is 393 g/mol. The number of likely N-dealkylation sites (tertiary alicyclic amines) is 1. The van der Waals surface area contributed by atoms with Crippen molar-refractivity contribution in [2.24, 2.45) is 13.0 Å². The summed E-state index contributed by atoms with van der Waals surface area (Å²) >= 11 is 0. The lowest BCUT2D eigenvalue weighted by atomic mass is 9.93. The van der Waals surface area contributed by atoms with Gasteiger partial charge in [0.2, 0.25) is 0 Å². The molecule has 0 unspecified atom stereocenters. The van der Waals surface area contributed by atoms with Gasteiger partial charge in [-0.25, -0.2) is 4.98 Å². The fraction of sp³-hybridized carbons (Fsp3) is 0.455. The summed E-state index contributed by atoms with van der Waals surface area (Å²) in [7, 11) is 1.87. The predicted molar refractivity (Wildman–Crippen MR) is 111 cm³/mol. The molecule has 0 aromatic carbocycles. The molecular formula is C22H28N6O. The van der Waals surface area contributed by atoms with Crippen molar-refractivity contribution < 1.29 is 4.79 Å². The molecule has 1 aliphatic rings. The van der Waals surface area contributed by atoms with Crippen LogP contribution in [-0.2, 0) is 13.6 Å². The fourth-order valence-corrected chi connectivity index (χ4v) is 4.04. The monoisotopic (exact) mass is 392 g/mol. The Bertz CT molecular complexity index is 963. The summed E-state index contributed by atoms with van der Waals surface area (Å²) in [4.78, 5) is 23.3. The summed E-state index contributed by atoms with van der Waals surface area (Å²) < 4.78 is 4.05. The molecule has 1 fully saturated rings. The van der Waals surface area contributed by atoms with Gasteiger partial charge in [-0.1, -0.05) is 0 Å². The molecule has 7 nitrogen and oxygen atoms in total. The van der Waals surface area contributed by atoms with Crippen LogP contribution in [0.2, 0.25) is 0 Å². The topological polar surface area (TPSA) is 68.8 Å². The number of rotatable bonds is 5. The van der Waals surface area contributed by atoms with Gasteiger partial charge < -0.3 is 9.47 Å². The van der Waals surface area contributed by atoms with Crippen molar-refractivity contribution in [2.75, 3.05) is 13.1 Å². The lowest BCUT2D eigenvalue weighted by molar-refractivity contribution is 0.0678. The highest BCUT2D eigenvalue weighted by Gasteiger charge is 2.25. The standard InChI is InChI=1S/C22H28N6O/c1-16-14-20(25-26(16)3)22(29)27-11-6-18(7-12-27)8-13-28-17(2)15-24-21(28)19-4-9-23-10-5-19/h4-5,9-10,14-15,18H,6-8,11-13H2,1-3H3. The van der Waals surface area contributed by atoms with Crippen molar-refractivity contribution in [2.45, 2.75) is 39.7 Å². The molecule has 0 N–H and O–H groups in total. The number of pyridine rings is 1. The maximum atomic E-state index is 12.7. The molecule has 4 rings (SSSR count). The van der Waals surface area contributed by atoms with Gasteiger partial charge in [0.05, 0.1) is 0 Å². The molecular weight excluding hydrogens is 364 g/mol. The van der Waals surface area contributed by atoms with E-state index in [2.05, 4.69) is 26.6 Å². The first-order valence-electron chi connectivity index (χ1n) is 10.3. The fourth-order valence-electron chi connectivity index (χ4n) is 4.04. The second kappa shape index (κ2) is 8.19. The Morgan fingerprint density at radius 2 is 1.86 bits per heavy atom. The minimum Gasteiger partial charge on any atom is -0.337 e. The van der Waals surface area contributed by atoms with Gasteiger partial charge in [-0.15, -0.1) is 0 Å². The van der Waals surface area contributed by atoms with Crippen molar-refractivity contribution >= 4 is 5.91 Å². The van der Waals surface area contributed by atoms with E-state index in [1.807, 2.05) is 43.3 Å². The Balaban J connectivity index is 1.34. The van der Waals surface area contributed by atoms with Crippen LogP contribution in [-0.4, -0.2) is 48.2 Å². The van der Waals surface area contributed by atoms with E-state index in [9.17, 15) is 4.79 Å². The summed E-state index contributed by atoms with van der Waals surface area (Å²) in [5, 5.41) is 4.33. The maximum Gasteiger partial charge on any atom is 0.274 e. The van der Waals surface area contributed by atoms with Gasteiger partial charge in [-0.3, -0.25) is 14.5 Å². The Labute approximate surface area is 171 Å². The van der Waals surface area contributed by atoms with Gasteiger partial charge in [-0.05, 0) is 57.2 Å². The first kappa shape index (κ1) is 19.4. The number of carbonyl (C=O) groups is 1. The number of hydrogen-bond donors (Lipinski definition) is 0. The molecule has 4 heterocycles. The first-order chi connectivity index (χ1) is 14.0. The van der Waals surface area contributed by atoms with Gasteiger partial charge in [-0.2, -0.15) is 5.10 Å². The zero-order valence-electron chi connectivity index (χ0n) is 17.4. The van der Waals surface area contributed by atoms with E-state index in [-0.39, 0.29) is 5.91 Å². The van der Waals surface area contributed by atoms with Crippen molar-refractivity contribution in [3.8, 4) is 11.4 Å². The van der Waals surface area contributed by atoms with Crippen LogP contribution in [0.3, 0.4) is 0 Å². The molecule has 0 spiro atoms. The van der Waals surface area contributed by atoms with Crippen molar-refractivity contribution in [1.29, 1.82) is 0 Å². The number of nitrogens with zero attached hydrogens (tertiary/aromatic N) is 6. The predicted octanol–water partition coefficient (Wildman–Crippen LogP) is 3.24. The molecule has 29 heavy (non-hydrogen) atoms. The second-order valence-corrected chi connectivity index (χ2v) is 7.93. The molecule has 0 radical (unpaired) electrons. The highest BCUT2D eigenvalue weighted by molar-refractivity contribution is 5.92. The lowest BCUT2D eigenvalue weighted by Crippen LogP contribution is -2.39. The van der Waals surface area contributed by atoms with Crippen LogP contribution in [0, 0.1) is 19.8 Å². The van der Waals surface area contributed by atoms with Crippen molar-refractivity contribution in [1.82, 2.24) is 29.2 Å². The summed E-state index contributed by atoms with van der Waals surface area (Å²) in [6.45, 7) is 6.63. The minimum absolute atomic E-state index is 0.0533.